The molecule has 4 heteroatoms. The van der Waals surface area contributed by atoms with Gasteiger partial charge in [0, 0.05) is 6.42 Å². The zero-order chi connectivity index (χ0) is 5.82. The fraction of sp³-hybridized carbons (Fsp3) is 1.00. The van der Waals surface area contributed by atoms with Crippen molar-refractivity contribution in [3.8, 4) is 0 Å². The molecule has 48 valence electrons. The van der Waals surface area contributed by atoms with Crippen LogP contribution in [0.1, 0.15) is 12.8 Å². The van der Waals surface area contributed by atoms with E-state index in [1.807, 2.05) is 0 Å². The summed E-state index contributed by atoms with van der Waals surface area (Å²) in [5.41, 5.74) is 0. The summed E-state index contributed by atoms with van der Waals surface area (Å²) < 4.78 is 0. The molecule has 0 amide bonds. The van der Waals surface area contributed by atoms with Gasteiger partial charge in [0.15, 0.2) is 0 Å². The van der Waals surface area contributed by atoms with Crippen LogP contribution in [0.5, 0.6) is 0 Å². The van der Waals surface area contributed by atoms with Crippen LogP contribution in [-0.2, 0) is 14.7 Å². The van der Waals surface area contributed by atoms with E-state index in [2.05, 4.69) is 14.7 Å². The van der Waals surface area contributed by atoms with E-state index in [4.69, 9.17) is 5.26 Å². The highest BCUT2D eigenvalue weighted by Gasteiger charge is 2.14. The van der Waals surface area contributed by atoms with Gasteiger partial charge in [-0.2, -0.15) is 0 Å². The molecule has 1 N–H and O–H groups in total. The molecular formula is C4H8O4. The van der Waals surface area contributed by atoms with Crippen molar-refractivity contribution in [3.05, 3.63) is 0 Å². The van der Waals surface area contributed by atoms with Crippen molar-refractivity contribution in [2.24, 2.45) is 0 Å². The third kappa shape index (κ3) is 1.41. The van der Waals surface area contributed by atoms with Crippen LogP contribution in [-0.4, -0.2) is 18.2 Å². The maximum absolute atomic E-state index is 7.99. The summed E-state index contributed by atoms with van der Waals surface area (Å²) in [6, 6.07) is 0. The lowest BCUT2D eigenvalue weighted by molar-refractivity contribution is -0.463. The third-order valence-corrected chi connectivity index (χ3v) is 0.960. The molecule has 0 aromatic carbocycles. The van der Waals surface area contributed by atoms with Crippen LogP contribution in [0, 0.1) is 0 Å². The van der Waals surface area contributed by atoms with Gasteiger partial charge in [-0.3, -0.25) is 0 Å². The SMILES string of the molecule is OOC1CCCOO1. The van der Waals surface area contributed by atoms with E-state index < -0.39 is 6.29 Å². The average Bonchev–Trinajstić information content (AvgIpc) is 1.90. The lowest BCUT2D eigenvalue weighted by Gasteiger charge is -2.16. The highest BCUT2D eigenvalue weighted by atomic mass is 17.3. The van der Waals surface area contributed by atoms with Gasteiger partial charge >= 0.3 is 0 Å². The normalized spacial score (nSPS) is 30.4. The van der Waals surface area contributed by atoms with Gasteiger partial charge in [-0.25, -0.2) is 19.9 Å². The number of rotatable bonds is 1. The lowest BCUT2D eigenvalue weighted by Crippen LogP contribution is -2.21. The van der Waals surface area contributed by atoms with Gasteiger partial charge in [0.25, 0.3) is 0 Å². The summed E-state index contributed by atoms with van der Waals surface area (Å²) in [6.07, 6.45) is 0.977. The summed E-state index contributed by atoms with van der Waals surface area (Å²) in [4.78, 5) is 12.8. The zero-order valence-electron chi connectivity index (χ0n) is 4.37. The largest absolute Gasteiger partial charge is 0.249 e. The molecule has 1 fully saturated rings. The van der Waals surface area contributed by atoms with Crippen LogP contribution < -0.4 is 0 Å². The summed E-state index contributed by atoms with van der Waals surface area (Å²) in [7, 11) is 0. The molecule has 1 heterocycles. The molecule has 1 rings (SSSR count). The smallest absolute Gasteiger partial charge is 0.224 e. The first-order valence-electron chi connectivity index (χ1n) is 2.52. The monoisotopic (exact) mass is 120 g/mol. The molecule has 8 heavy (non-hydrogen) atoms. The van der Waals surface area contributed by atoms with Gasteiger partial charge in [-0.15, -0.1) is 0 Å². The molecule has 0 aliphatic carbocycles. The molecule has 1 unspecified atom stereocenters. The Morgan fingerprint density at radius 1 is 1.62 bits per heavy atom. The van der Waals surface area contributed by atoms with Gasteiger partial charge in [0.2, 0.25) is 6.29 Å². The zero-order valence-corrected chi connectivity index (χ0v) is 4.37. The summed E-state index contributed by atoms with van der Waals surface area (Å²) in [6.45, 7) is 0.583. The van der Waals surface area contributed by atoms with Crippen LogP contribution in [0.3, 0.4) is 0 Å². The Kier molecular flexibility index (Phi) is 2.23. The Hall–Kier alpha value is -0.160. The summed E-state index contributed by atoms with van der Waals surface area (Å²) in [5.74, 6) is 0. The molecule has 1 aliphatic heterocycles. The second kappa shape index (κ2) is 2.99. The number of hydrogen-bond acceptors (Lipinski definition) is 4. The summed E-state index contributed by atoms with van der Waals surface area (Å²) in [5, 5.41) is 7.99. The van der Waals surface area contributed by atoms with Crippen molar-refractivity contribution in [3.63, 3.8) is 0 Å². The van der Waals surface area contributed by atoms with Crippen molar-refractivity contribution >= 4 is 0 Å². The van der Waals surface area contributed by atoms with Crippen LogP contribution in [0.15, 0.2) is 0 Å². The minimum Gasteiger partial charge on any atom is -0.249 e. The minimum atomic E-state index is -0.580. The van der Waals surface area contributed by atoms with Crippen LogP contribution in [0.25, 0.3) is 0 Å². The molecule has 0 aromatic heterocycles. The molecule has 0 radical (unpaired) electrons. The fourth-order valence-electron chi connectivity index (χ4n) is 0.551. The predicted octanol–water partition coefficient (Wildman–Crippen LogP) is 0.544. The van der Waals surface area contributed by atoms with E-state index in [0.717, 1.165) is 6.42 Å². The van der Waals surface area contributed by atoms with Crippen molar-refractivity contribution in [2.45, 2.75) is 19.1 Å². The van der Waals surface area contributed by atoms with E-state index in [1.165, 1.54) is 0 Å². The van der Waals surface area contributed by atoms with Gasteiger partial charge < -0.3 is 0 Å². The highest BCUT2D eigenvalue weighted by Crippen LogP contribution is 2.09. The molecule has 1 saturated heterocycles. The molecule has 0 bridgehead atoms. The van der Waals surface area contributed by atoms with Crippen molar-refractivity contribution in [2.75, 3.05) is 6.61 Å². The Labute approximate surface area is 46.8 Å². The van der Waals surface area contributed by atoms with E-state index in [1.54, 1.807) is 0 Å². The fourth-order valence-corrected chi connectivity index (χ4v) is 0.551. The predicted molar refractivity (Wildman–Crippen MR) is 23.8 cm³/mol. The molecular weight excluding hydrogens is 112 g/mol. The summed E-state index contributed by atoms with van der Waals surface area (Å²) >= 11 is 0. The van der Waals surface area contributed by atoms with E-state index in [0.29, 0.717) is 13.0 Å². The first-order valence-corrected chi connectivity index (χ1v) is 2.52. The first kappa shape index (κ1) is 5.97. The number of hydrogen-bond donors (Lipinski definition) is 1. The molecule has 1 aliphatic rings. The lowest BCUT2D eigenvalue weighted by atomic mass is 10.3. The first-order chi connectivity index (χ1) is 3.93. The van der Waals surface area contributed by atoms with Crippen molar-refractivity contribution in [1.82, 2.24) is 0 Å². The quantitative estimate of drug-likeness (QED) is 0.405. The maximum atomic E-state index is 7.99. The standard InChI is InChI=1S/C4H8O4/c5-7-4-2-1-3-6-8-4/h4-5H,1-3H2. The second-order valence-electron chi connectivity index (χ2n) is 1.60. The van der Waals surface area contributed by atoms with E-state index in [9.17, 15) is 0 Å². The molecule has 1 atom stereocenters. The van der Waals surface area contributed by atoms with Gasteiger partial charge in [0.1, 0.15) is 0 Å². The second-order valence-corrected chi connectivity index (χ2v) is 1.60. The van der Waals surface area contributed by atoms with Crippen LogP contribution >= 0.6 is 0 Å². The van der Waals surface area contributed by atoms with Crippen molar-refractivity contribution in [1.29, 1.82) is 0 Å². The highest BCUT2D eigenvalue weighted by molar-refractivity contribution is 4.43. The molecule has 0 saturated carbocycles. The van der Waals surface area contributed by atoms with Gasteiger partial charge in [-0.1, -0.05) is 0 Å². The maximum Gasteiger partial charge on any atom is 0.224 e. The Balaban J connectivity index is 2.13. The molecule has 0 aromatic rings. The minimum absolute atomic E-state index is 0.580. The third-order valence-electron chi connectivity index (χ3n) is 0.960. The Morgan fingerprint density at radius 2 is 2.50 bits per heavy atom. The van der Waals surface area contributed by atoms with Gasteiger partial charge in [-0.05, 0) is 6.42 Å². The van der Waals surface area contributed by atoms with Crippen LogP contribution in [0.4, 0.5) is 0 Å². The Bertz CT molecular complexity index is 59.1. The molecule has 0 spiro atoms. The van der Waals surface area contributed by atoms with E-state index in [-0.39, 0.29) is 0 Å². The van der Waals surface area contributed by atoms with Crippen LogP contribution in [0.2, 0.25) is 0 Å². The topological polar surface area (TPSA) is 47.9 Å². The van der Waals surface area contributed by atoms with Gasteiger partial charge in [0.05, 0.1) is 6.61 Å². The molecule has 4 nitrogen and oxygen atoms in total. The van der Waals surface area contributed by atoms with Crippen molar-refractivity contribution < 1.29 is 19.9 Å². The van der Waals surface area contributed by atoms with E-state index >= 15 is 0 Å². The Morgan fingerprint density at radius 3 is 2.88 bits per heavy atom. The average molecular weight is 120 g/mol.